The van der Waals surface area contributed by atoms with Crippen molar-refractivity contribution in [2.45, 2.75) is 57.0 Å². The van der Waals surface area contributed by atoms with Crippen molar-refractivity contribution in [2.75, 3.05) is 18.0 Å². The molecule has 0 radical (unpaired) electrons. The van der Waals surface area contributed by atoms with E-state index in [1.165, 1.54) is 37.7 Å². The average Bonchev–Trinajstić information content (AvgIpc) is 3.29. The highest BCUT2D eigenvalue weighted by Crippen LogP contribution is 2.36. The average molecular weight is 379 g/mol. The molecule has 1 saturated heterocycles. The van der Waals surface area contributed by atoms with Crippen LogP contribution in [0.5, 0.6) is 0 Å². The summed E-state index contributed by atoms with van der Waals surface area (Å²) in [5, 5.41) is 5.38. The first-order valence-corrected chi connectivity index (χ1v) is 10.5. The van der Waals surface area contributed by atoms with Gasteiger partial charge in [-0.1, -0.05) is 25.3 Å². The van der Waals surface area contributed by atoms with Gasteiger partial charge in [-0.15, -0.1) is 0 Å². The number of rotatable bonds is 3. The minimum absolute atomic E-state index is 0.560. The third-order valence-corrected chi connectivity index (χ3v) is 6.20. The topological polar surface area (TPSA) is 46.8 Å². The molecule has 1 aliphatic carbocycles. The Labute approximate surface area is 164 Å². The number of benzene rings is 1. The highest BCUT2D eigenvalue weighted by Gasteiger charge is 2.23. The van der Waals surface area contributed by atoms with Crippen molar-refractivity contribution >= 4 is 16.7 Å². The Hall–Kier alpha value is -2.50. The molecule has 1 aromatic carbocycles. The third kappa shape index (κ3) is 3.36. The van der Waals surface area contributed by atoms with Crippen molar-refractivity contribution in [1.29, 1.82) is 0 Å². The van der Waals surface area contributed by atoms with Crippen molar-refractivity contribution in [2.24, 2.45) is 0 Å². The van der Waals surface area contributed by atoms with Gasteiger partial charge < -0.3 is 4.90 Å². The molecule has 3 heterocycles. The maximum Gasteiger partial charge on any atom is 0.253 e. The number of hydrogen-bond acceptors (Lipinski definition) is 4. The molecule has 0 atom stereocenters. The van der Waals surface area contributed by atoms with E-state index in [1.54, 1.807) is 10.9 Å². The highest BCUT2D eigenvalue weighted by molar-refractivity contribution is 5.90. The first-order valence-electron chi connectivity index (χ1n) is 10.5. The highest BCUT2D eigenvalue weighted by atomic mass is 19.1. The van der Waals surface area contributed by atoms with Crippen LogP contribution in [0.25, 0.3) is 16.9 Å². The van der Waals surface area contributed by atoms with Crippen LogP contribution >= 0.6 is 0 Å². The summed E-state index contributed by atoms with van der Waals surface area (Å²) in [6.45, 7) is 1.39. The number of halogens is 1. The molecule has 2 aliphatic rings. The standard InChI is InChI=1S/C22H26FN5/c23-18-9-13-27(14-10-18)21-19-15-17(16-5-2-1-3-6-16)7-8-20(19)25-22(26-21)28-12-4-11-24-28/h4,7-8,11-12,15-16,18H,1-3,5-6,9-10,13-14H2. The molecule has 1 saturated carbocycles. The van der Waals surface area contributed by atoms with Gasteiger partial charge in [0.15, 0.2) is 0 Å². The SMILES string of the molecule is FC1CCN(c2nc(-n3cccn3)nc3ccc(C4CCCCC4)cc23)CC1. The van der Waals surface area contributed by atoms with Gasteiger partial charge in [-0.2, -0.15) is 10.1 Å². The molecule has 5 nitrogen and oxygen atoms in total. The largest absolute Gasteiger partial charge is 0.356 e. The molecular formula is C22H26FN5. The molecule has 146 valence electrons. The first kappa shape index (κ1) is 17.6. The number of piperidine rings is 1. The van der Waals surface area contributed by atoms with Gasteiger partial charge in [-0.3, -0.25) is 0 Å². The Morgan fingerprint density at radius 3 is 2.54 bits per heavy atom. The van der Waals surface area contributed by atoms with Gasteiger partial charge in [-0.25, -0.2) is 14.1 Å². The lowest BCUT2D eigenvalue weighted by atomic mass is 9.84. The zero-order chi connectivity index (χ0) is 18.9. The van der Waals surface area contributed by atoms with Gasteiger partial charge >= 0.3 is 0 Å². The summed E-state index contributed by atoms with van der Waals surface area (Å²) < 4.78 is 15.4. The summed E-state index contributed by atoms with van der Waals surface area (Å²) in [6, 6.07) is 8.51. The number of hydrogen-bond donors (Lipinski definition) is 0. The maximum absolute atomic E-state index is 13.7. The van der Waals surface area contributed by atoms with E-state index in [2.05, 4.69) is 28.2 Å². The van der Waals surface area contributed by atoms with Gasteiger partial charge in [-0.05, 0) is 55.4 Å². The summed E-state index contributed by atoms with van der Waals surface area (Å²) in [5.74, 6) is 2.12. The van der Waals surface area contributed by atoms with Gasteiger partial charge in [0, 0.05) is 30.9 Å². The molecule has 0 unspecified atom stereocenters. The molecule has 0 amide bonds. The van der Waals surface area contributed by atoms with Crippen LogP contribution in [0.1, 0.15) is 56.4 Å². The third-order valence-electron chi connectivity index (χ3n) is 6.20. The van der Waals surface area contributed by atoms with Gasteiger partial charge in [0.05, 0.1) is 5.52 Å². The number of alkyl halides is 1. The van der Waals surface area contributed by atoms with Crippen LogP contribution in [0, 0.1) is 0 Å². The first-order chi connectivity index (χ1) is 13.8. The van der Waals surface area contributed by atoms with Crippen molar-refractivity contribution in [3.8, 4) is 5.95 Å². The van der Waals surface area contributed by atoms with Gasteiger partial charge in [0.1, 0.15) is 12.0 Å². The van der Waals surface area contributed by atoms with Crippen molar-refractivity contribution < 1.29 is 4.39 Å². The van der Waals surface area contributed by atoms with Crippen LogP contribution < -0.4 is 4.90 Å². The second-order valence-corrected chi connectivity index (χ2v) is 8.07. The molecule has 6 heteroatoms. The number of fused-ring (bicyclic) bond motifs is 1. The second-order valence-electron chi connectivity index (χ2n) is 8.07. The molecule has 1 aliphatic heterocycles. The molecule has 0 N–H and O–H groups in total. The van der Waals surface area contributed by atoms with E-state index in [1.807, 2.05) is 12.3 Å². The smallest absolute Gasteiger partial charge is 0.253 e. The minimum atomic E-state index is -0.701. The molecular weight excluding hydrogens is 353 g/mol. The fourth-order valence-corrected chi connectivity index (χ4v) is 4.60. The predicted molar refractivity (Wildman–Crippen MR) is 109 cm³/mol. The molecule has 2 fully saturated rings. The fourth-order valence-electron chi connectivity index (χ4n) is 4.60. The minimum Gasteiger partial charge on any atom is -0.356 e. The van der Waals surface area contributed by atoms with E-state index < -0.39 is 6.17 Å². The monoisotopic (exact) mass is 379 g/mol. The lowest BCUT2D eigenvalue weighted by molar-refractivity contribution is 0.277. The predicted octanol–water partition coefficient (Wildman–Crippen LogP) is 4.80. The van der Waals surface area contributed by atoms with Gasteiger partial charge in [0.2, 0.25) is 0 Å². The van der Waals surface area contributed by atoms with Crippen molar-refractivity contribution in [3.63, 3.8) is 0 Å². The Bertz CT molecular complexity index is 941. The van der Waals surface area contributed by atoms with Crippen LogP contribution in [-0.2, 0) is 0 Å². The summed E-state index contributed by atoms with van der Waals surface area (Å²) in [7, 11) is 0. The summed E-state index contributed by atoms with van der Waals surface area (Å²) >= 11 is 0. The Morgan fingerprint density at radius 1 is 0.964 bits per heavy atom. The molecule has 0 spiro atoms. The van der Waals surface area contributed by atoms with E-state index in [0.29, 0.717) is 37.8 Å². The molecule has 3 aromatic rings. The Balaban J connectivity index is 1.61. The number of anilines is 1. The van der Waals surface area contributed by atoms with E-state index in [4.69, 9.17) is 9.97 Å². The molecule has 5 rings (SSSR count). The summed E-state index contributed by atoms with van der Waals surface area (Å²) in [4.78, 5) is 11.9. The van der Waals surface area contributed by atoms with Crippen LogP contribution in [-0.4, -0.2) is 39.0 Å². The quantitative estimate of drug-likeness (QED) is 0.656. The normalized spacial score (nSPS) is 19.4. The van der Waals surface area contributed by atoms with Crippen LogP contribution in [0.2, 0.25) is 0 Å². The van der Waals surface area contributed by atoms with Crippen molar-refractivity contribution in [1.82, 2.24) is 19.7 Å². The van der Waals surface area contributed by atoms with Crippen molar-refractivity contribution in [3.05, 3.63) is 42.2 Å². The van der Waals surface area contributed by atoms with Crippen LogP contribution in [0.4, 0.5) is 10.2 Å². The summed E-state index contributed by atoms with van der Waals surface area (Å²) in [6.07, 6.45) is 10.5. The number of aromatic nitrogens is 4. The zero-order valence-corrected chi connectivity index (χ0v) is 16.1. The lowest BCUT2D eigenvalue weighted by Crippen LogP contribution is -2.35. The van der Waals surface area contributed by atoms with E-state index >= 15 is 0 Å². The van der Waals surface area contributed by atoms with Crippen LogP contribution in [0.3, 0.4) is 0 Å². The summed E-state index contributed by atoms with van der Waals surface area (Å²) in [5.41, 5.74) is 2.32. The molecule has 0 bridgehead atoms. The van der Waals surface area contributed by atoms with E-state index in [9.17, 15) is 4.39 Å². The molecule has 2 aromatic heterocycles. The fraction of sp³-hybridized carbons (Fsp3) is 0.500. The zero-order valence-electron chi connectivity index (χ0n) is 16.1. The Kier molecular flexibility index (Phi) is 4.71. The second kappa shape index (κ2) is 7.49. The van der Waals surface area contributed by atoms with E-state index in [-0.39, 0.29) is 0 Å². The van der Waals surface area contributed by atoms with E-state index in [0.717, 1.165) is 16.7 Å². The molecule has 28 heavy (non-hydrogen) atoms. The van der Waals surface area contributed by atoms with Crippen LogP contribution in [0.15, 0.2) is 36.7 Å². The maximum atomic E-state index is 13.7. The number of nitrogens with zero attached hydrogens (tertiary/aromatic N) is 5. The lowest BCUT2D eigenvalue weighted by Gasteiger charge is -2.31. The van der Waals surface area contributed by atoms with Gasteiger partial charge in [0.25, 0.3) is 5.95 Å². The Morgan fingerprint density at radius 2 is 1.79 bits per heavy atom.